The van der Waals surface area contributed by atoms with Crippen molar-refractivity contribution in [2.75, 3.05) is 23.3 Å². The van der Waals surface area contributed by atoms with E-state index in [1.54, 1.807) is 18.3 Å². The second kappa shape index (κ2) is 8.49. The Bertz CT molecular complexity index is 1070. The van der Waals surface area contributed by atoms with Gasteiger partial charge in [-0.1, -0.05) is 38.2 Å². The standard InChI is InChI=1S/C24H28N4O3/c1-16(2)22(29)27-20-14-18-17(15-25-20)13-19(24(23(30)31)9-5-3-6-10-24)26-21(18)28-11-7-4-8-12-28/h3,5-6,9,13-16H,4,7-8,10-12H2,1-2H3,(H,30,31)(H,25,27,29). The number of hydrogen-bond acceptors (Lipinski definition) is 5. The lowest BCUT2D eigenvalue weighted by Crippen LogP contribution is -2.36. The summed E-state index contributed by atoms with van der Waals surface area (Å²) in [5.74, 6) is 0.0741. The highest BCUT2D eigenvalue weighted by atomic mass is 16.4. The number of nitrogens with one attached hydrogen (secondary N) is 1. The molecule has 1 aliphatic heterocycles. The lowest BCUT2D eigenvalue weighted by Gasteiger charge is -2.32. The zero-order valence-corrected chi connectivity index (χ0v) is 18.0. The van der Waals surface area contributed by atoms with Gasteiger partial charge in [0.1, 0.15) is 17.1 Å². The Morgan fingerprint density at radius 2 is 1.94 bits per heavy atom. The fourth-order valence-corrected chi connectivity index (χ4v) is 4.12. The van der Waals surface area contributed by atoms with E-state index in [-0.39, 0.29) is 11.8 Å². The number of rotatable bonds is 5. The van der Waals surface area contributed by atoms with Crippen LogP contribution in [0, 0.1) is 5.92 Å². The molecule has 3 heterocycles. The summed E-state index contributed by atoms with van der Waals surface area (Å²) >= 11 is 0. The molecule has 0 aromatic carbocycles. The van der Waals surface area contributed by atoms with Crippen LogP contribution in [0.2, 0.25) is 0 Å². The summed E-state index contributed by atoms with van der Waals surface area (Å²) in [6.45, 7) is 5.41. The molecule has 1 unspecified atom stereocenters. The number of allylic oxidation sites excluding steroid dienone is 3. The summed E-state index contributed by atoms with van der Waals surface area (Å²) in [5.41, 5.74) is -0.688. The van der Waals surface area contributed by atoms with E-state index in [1.807, 2.05) is 38.1 Å². The van der Waals surface area contributed by atoms with Crippen LogP contribution in [0.15, 0.2) is 42.6 Å². The number of nitrogens with zero attached hydrogens (tertiary/aromatic N) is 3. The second-order valence-corrected chi connectivity index (χ2v) is 8.58. The molecule has 0 spiro atoms. The Hall–Kier alpha value is -3.22. The van der Waals surface area contributed by atoms with E-state index in [0.717, 1.165) is 42.5 Å². The van der Waals surface area contributed by atoms with Gasteiger partial charge in [0.05, 0.1) is 5.69 Å². The molecular formula is C24H28N4O3. The SMILES string of the molecule is CC(C)C(=O)Nc1cc2c(N3CCCCC3)nc(C3(C(=O)O)C=CC=CC3)cc2cn1. The van der Waals surface area contributed by atoms with Crippen molar-refractivity contribution in [1.29, 1.82) is 0 Å². The van der Waals surface area contributed by atoms with Gasteiger partial charge in [-0.3, -0.25) is 9.59 Å². The number of carboxylic acid groups (broad SMARTS) is 1. The maximum absolute atomic E-state index is 12.3. The van der Waals surface area contributed by atoms with Crippen molar-refractivity contribution in [3.63, 3.8) is 0 Å². The Labute approximate surface area is 181 Å². The number of hydrogen-bond donors (Lipinski definition) is 2. The van der Waals surface area contributed by atoms with E-state index in [2.05, 4.69) is 15.2 Å². The topological polar surface area (TPSA) is 95.4 Å². The van der Waals surface area contributed by atoms with E-state index in [9.17, 15) is 14.7 Å². The fourth-order valence-electron chi connectivity index (χ4n) is 4.12. The Balaban J connectivity index is 1.86. The monoisotopic (exact) mass is 420 g/mol. The van der Waals surface area contributed by atoms with E-state index in [0.29, 0.717) is 17.9 Å². The van der Waals surface area contributed by atoms with Crippen LogP contribution in [0.5, 0.6) is 0 Å². The van der Waals surface area contributed by atoms with Gasteiger partial charge in [0.25, 0.3) is 0 Å². The van der Waals surface area contributed by atoms with Crippen LogP contribution in [-0.2, 0) is 15.0 Å². The third kappa shape index (κ3) is 4.04. The molecule has 2 N–H and O–H groups in total. The summed E-state index contributed by atoms with van der Waals surface area (Å²) in [6.07, 6.45) is 12.6. The third-order valence-electron chi connectivity index (χ3n) is 6.03. The number of aromatic nitrogens is 2. The molecule has 7 nitrogen and oxygen atoms in total. The average Bonchev–Trinajstić information content (AvgIpc) is 2.79. The number of carbonyl (C=O) groups excluding carboxylic acids is 1. The molecule has 162 valence electrons. The highest BCUT2D eigenvalue weighted by molar-refractivity contribution is 5.98. The van der Waals surface area contributed by atoms with E-state index >= 15 is 0 Å². The van der Waals surface area contributed by atoms with E-state index < -0.39 is 11.4 Å². The molecule has 1 saturated heterocycles. The first-order chi connectivity index (χ1) is 14.9. The number of fused-ring (bicyclic) bond motifs is 1. The minimum Gasteiger partial charge on any atom is -0.480 e. The molecule has 2 aliphatic rings. The lowest BCUT2D eigenvalue weighted by atomic mass is 9.78. The van der Waals surface area contributed by atoms with E-state index in [4.69, 9.17) is 4.98 Å². The summed E-state index contributed by atoms with van der Waals surface area (Å²) in [6, 6.07) is 3.67. The minimum absolute atomic E-state index is 0.0973. The molecule has 31 heavy (non-hydrogen) atoms. The number of amides is 1. The Morgan fingerprint density at radius 3 is 2.58 bits per heavy atom. The molecule has 1 amide bonds. The van der Waals surface area contributed by atoms with Crippen LogP contribution < -0.4 is 10.2 Å². The van der Waals surface area contributed by atoms with Crippen LogP contribution in [-0.4, -0.2) is 40.0 Å². The first kappa shape index (κ1) is 21.0. The summed E-state index contributed by atoms with van der Waals surface area (Å²) < 4.78 is 0. The fraction of sp³-hybridized carbons (Fsp3) is 0.417. The zero-order chi connectivity index (χ0) is 22.0. The molecule has 0 bridgehead atoms. The molecule has 0 radical (unpaired) electrons. The van der Waals surface area contributed by atoms with Gasteiger partial charge in [0.15, 0.2) is 0 Å². The van der Waals surface area contributed by atoms with Crippen molar-refractivity contribution in [2.45, 2.75) is 44.9 Å². The normalized spacial score (nSPS) is 20.9. The highest BCUT2D eigenvalue weighted by Gasteiger charge is 2.40. The van der Waals surface area contributed by atoms with Crippen LogP contribution in [0.3, 0.4) is 0 Å². The number of carbonyl (C=O) groups is 2. The maximum Gasteiger partial charge on any atom is 0.319 e. The Kier molecular flexibility index (Phi) is 5.76. The maximum atomic E-state index is 12.3. The van der Waals surface area contributed by atoms with Gasteiger partial charge in [0.2, 0.25) is 5.91 Å². The predicted octanol–water partition coefficient (Wildman–Crippen LogP) is 4.05. The largest absolute Gasteiger partial charge is 0.480 e. The van der Waals surface area contributed by atoms with Gasteiger partial charge in [-0.25, -0.2) is 9.97 Å². The molecule has 1 atom stereocenters. The molecule has 2 aromatic heterocycles. The van der Waals surface area contributed by atoms with Crippen molar-refractivity contribution in [1.82, 2.24) is 9.97 Å². The van der Waals surface area contributed by atoms with Crippen molar-refractivity contribution >= 4 is 34.3 Å². The molecule has 1 fully saturated rings. The van der Waals surface area contributed by atoms with Crippen LogP contribution in [0.1, 0.15) is 45.2 Å². The summed E-state index contributed by atoms with van der Waals surface area (Å²) in [5, 5.41) is 14.7. The van der Waals surface area contributed by atoms with Crippen molar-refractivity contribution < 1.29 is 14.7 Å². The highest BCUT2D eigenvalue weighted by Crippen LogP contribution is 2.37. The quantitative estimate of drug-likeness (QED) is 0.758. The van der Waals surface area contributed by atoms with Crippen molar-refractivity contribution in [3.8, 4) is 0 Å². The van der Waals surface area contributed by atoms with Crippen molar-refractivity contribution in [3.05, 3.63) is 48.3 Å². The van der Waals surface area contributed by atoms with Crippen LogP contribution in [0.4, 0.5) is 11.6 Å². The van der Waals surface area contributed by atoms with Gasteiger partial charge < -0.3 is 15.3 Å². The van der Waals surface area contributed by atoms with Crippen LogP contribution in [0.25, 0.3) is 10.8 Å². The smallest absolute Gasteiger partial charge is 0.319 e. The zero-order valence-electron chi connectivity index (χ0n) is 18.0. The van der Waals surface area contributed by atoms with Gasteiger partial charge in [-0.05, 0) is 37.8 Å². The predicted molar refractivity (Wildman–Crippen MR) is 121 cm³/mol. The third-order valence-corrected chi connectivity index (χ3v) is 6.03. The van der Waals surface area contributed by atoms with Gasteiger partial charge >= 0.3 is 5.97 Å². The van der Waals surface area contributed by atoms with Gasteiger partial charge in [-0.15, -0.1) is 0 Å². The number of carboxylic acids is 1. The van der Waals surface area contributed by atoms with Crippen LogP contribution >= 0.6 is 0 Å². The number of pyridine rings is 2. The second-order valence-electron chi connectivity index (χ2n) is 8.58. The van der Waals surface area contributed by atoms with Gasteiger partial charge in [0, 0.05) is 36.0 Å². The first-order valence-electron chi connectivity index (χ1n) is 10.9. The average molecular weight is 421 g/mol. The number of piperidine rings is 1. The summed E-state index contributed by atoms with van der Waals surface area (Å²) in [4.78, 5) is 36.0. The Morgan fingerprint density at radius 1 is 1.16 bits per heavy atom. The first-order valence-corrected chi connectivity index (χ1v) is 10.9. The molecule has 1 aliphatic carbocycles. The summed E-state index contributed by atoms with van der Waals surface area (Å²) in [7, 11) is 0. The molecule has 0 saturated carbocycles. The van der Waals surface area contributed by atoms with E-state index in [1.165, 1.54) is 6.42 Å². The molecule has 4 rings (SSSR count). The number of aliphatic carboxylic acids is 1. The molecule has 2 aromatic rings. The molecular weight excluding hydrogens is 392 g/mol. The lowest BCUT2D eigenvalue weighted by molar-refractivity contribution is -0.142. The minimum atomic E-state index is -1.20. The van der Waals surface area contributed by atoms with Crippen molar-refractivity contribution in [2.24, 2.45) is 5.92 Å². The molecule has 7 heteroatoms. The van der Waals surface area contributed by atoms with Gasteiger partial charge in [-0.2, -0.15) is 0 Å². The number of anilines is 2.